The van der Waals surface area contributed by atoms with Gasteiger partial charge in [0.25, 0.3) is 0 Å². The molecule has 1 saturated heterocycles. The summed E-state index contributed by atoms with van der Waals surface area (Å²) in [4.78, 5) is 0. The van der Waals surface area contributed by atoms with Gasteiger partial charge >= 0.3 is 0 Å². The van der Waals surface area contributed by atoms with Gasteiger partial charge in [-0.25, -0.2) is 0 Å². The normalized spacial score (nSPS) is 22.9. The minimum absolute atomic E-state index is 0.752. The molecule has 0 spiro atoms. The Kier molecular flexibility index (Phi) is 5.30. The molecule has 0 radical (unpaired) electrons. The lowest BCUT2D eigenvalue weighted by atomic mass is 10.2. The van der Waals surface area contributed by atoms with Gasteiger partial charge < -0.3 is 5.32 Å². The fourth-order valence-corrected chi connectivity index (χ4v) is 2.47. The van der Waals surface area contributed by atoms with Crippen molar-refractivity contribution in [2.75, 3.05) is 18.1 Å². The van der Waals surface area contributed by atoms with E-state index >= 15 is 0 Å². The van der Waals surface area contributed by atoms with Crippen LogP contribution in [0.4, 0.5) is 0 Å². The third kappa shape index (κ3) is 4.04. The molecule has 68 valence electrons. The predicted molar refractivity (Wildman–Crippen MR) is 56.4 cm³/mol. The molecular weight excluding hydrogens is 166 g/mol. The van der Waals surface area contributed by atoms with Crippen molar-refractivity contribution in [1.29, 1.82) is 0 Å². The quantitative estimate of drug-likeness (QED) is 0.529. The molecule has 0 saturated carbocycles. The second-order valence-electron chi connectivity index (χ2n) is 3.04. The lowest BCUT2D eigenvalue weighted by molar-refractivity contribution is 0.515. The van der Waals surface area contributed by atoms with Gasteiger partial charge in [-0.15, -0.1) is 11.8 Å². The molecule has 1 unspecified atom stereocenters. The van der Waals surface area contributed by atoms with Crippen LogP contribution in [0.1, 0.15) is 26.2 Å². The van der Waals surface area contributed by atoms with Gasteiger partial charge in [-0.05, 0) is 25.5 Å². The second kappa shape index (κ2) is 6.39. The number of thioether (sulfide) groups is 1. The fraction of sp³-hybridized carbons (Fsp3) is 0.800. The van der Waals surface area contributed by atoms with E-state index in [1.807, 2.05) is 6.92 Å². The Balaban J connectivity index is 2.00. The molecule has 1 fully saturated rings. The maximum absolute atomic E-state index is 3.53. The molecular formula is C10H17NS. The molecule has 1 atom stereocenters. The van der Waals surface area contributed by atoms with Crippen molar-refractivity contribution in [2.24, 2.45) is 0 Å². The molecule has 0 aromatic rings. The second-order valence-corrected chi connectivity index (χ2v) is 4.19. The Bertz CT molecular complexity index is 162. The van der Waals surface area contributed by atoms with Crippen molar-refractivity contribution in [3.8, 4) is 11.8 Å². The summed E-state index contributed by atoms with van der Waals surface area (Å²) in [5.74, 6) is 8.62. The molecule has 1 aliphatic heterocycles. The SMILES string of the molecule is CC#CCCNC1CCCSC1. The predicted octanol–water partition coefficient (Wildman–Crippen LogP) is 1.89. The van der Waals surface area contributed by atoms with Crippen molar-refractivity contribution in [1.82, 2.24) is 5.32 Å². The molecule has 1 nitrogen and oxygen atoms in total. The minimum Gasteiger partial charge on any atom is -0.312 e. The number of rotatable bonds is 3. The van der Waals surface area contributed by atoms with Crippen molar-refractivity contribution in [3.63, 3.8) is 0 Å². The minimum atomic E-state index is 0.752. The van der Waals surface area contributed by atoms with Gasteiger partial charge in [-0.1, -0.05) is 0 Å². The van der Waals surface area contributed by atoms with Crippen molar-refractivity contribution in [2.45, 2.75) is 32.2 Å². The van der Waals surface area contributed by atoms with Crippen LogP contribution in [-0.2, 0) is 0 Å². The van der Waals surface area contributed by atoms with Crippen molar-refractivity contribution >= 4 is 11.8 Å². The van der Waals surface area contributed by atoms with E-state index in [0.717, 1.165) is 19.0 Å². The maximum atomic E-state index is 3.53. The van der Waals surface area contributed by atoms with E-state index in [9.17, 15) is 0 Å². The van der Waals surface area contributed by atoms with Gasteiger partial charge in [0, 0.05) is 24.8 Å². The first kappa shape index (κ1) is 9.95. The van der Waals surface area contributed by atoms with E-state index in [1.165, 1.54) is 24.3 Å². The van der Waals surface area contributed by atoms with Gasteiger partial charge in [0.15, 0.2) is 0 Å². The number of hydrogen-bond donors (Lipinski definition) is 1. The largest absolute Gasteiger partial charge is 0.312 e. The van der Waals surface area contributed by atoms with Gasteiger partial charge in [0.05, 0.1) is 0 Å². The summed E-state index contributed by atoms with van der Waals surface area (Å²) in [6.45, 7) is 2.96. The van der Waals surface area contributed by atoms with Gasteiger partial charge in [-0.3, -0.25) is 0 Å². The average Bonchev–Trinajstić information content (AvgIpc) is 2.14. The summed E-state index contributed by atoms with van der Waals surface area (Å²) in [5, 5.41) is 3.53. The highest BCUT2D eigenvalue weighted by molar-refractivity contribution is 7.99. The molecule has 0 aliphatic carbocycles. The van der Waals surface area contributed by atoms with Crippen LogP contribution in [0.5, 0.6) is 0 Å². The molecule has 0 aromatic carbocycles. The molecule has 12 heavy (non-hydrogen) atoms. The summed E-state index contributed by atoms with van der Waals surface area (Å²) in [6.07, 6.45) is 3.73. The molecule has 0 amide bonds. The first-order valence-corrected chi connectivity index (χ1v) is 5.79. The Labute approximate surface area is 79.7 Å². The number of nitrogens with one attached hydrogen (secondary N) is 1. The highest BCUT2D eigenvalue weighted by Crippen LogP contribution is 2.16. The summed E-state index contributed by atoms with van der Waals surface area (Å²) in [6, 6.07) is 0.752. The van der Waals surface area contributed by atoms with Crippen molar-refractivity contribution in [3.05, 3.63) is 0 Å². The van der Waals surface area contributed by atoms with Crippen molar-refractivity contribution < 1.29 is 0 Å². The van der Waals surface area contributed by atoms with Crippen LogP contribution < -0.4 is 5.32 Å². The summed E-state index contributed by atoms with van der Waals surface area (Å²) in [7, 11) is 0. The van der Waals surface area contributed by atoms with Crippen LogP contribution in [0, 0.1) is 11.8 Å². The smallest absolute Gasteiger partial charge is 0.0214 e. The monoisotopic (exact) mass is 183 g/mol. The first-order chi connectivity index (χ1) is 5.93. The topological polar surface area (TPSA) is 12.0 Å². The molecule has 1 aliphatic rings. The Morgan fingerprint density at radius 1 is 1.58 bits per heavy atom. The van der Waals surface area contributed by atoms with Crippen LogP contribution in [0.2, 0.25) is 0 Å². The fourth-order valence-electron chi connectivity index (χ4n) is 1.37. The lowest BCUT2D eigenvalue weighted by Crippen LogP contribution is -2.34. The Morgan fingerprint density at radius 3 is 3.17 bits per heavy atom. The third-order valence-electron chi connectivity index (χ3n) is 2.02. The van der Waals surface area contributed by atoms with Crippen LogP contribution in [0.15, 0.2) is 0 Å². The summed E-state index contributed by atoms with van der Waals surface area (Å²) >= 11 is 2.07. The first-order valence-electron chi connectivity index (χ1n) is 4.64. The average molecular weight is 183 g/mol. The summed E-state index contributed by atoms with van der Waals surface area (Å²) < 4.78 is 0. The number of hydrogen-bond acceptors (Lipinski definition) is 2. The molecule has 0 bridgehead atoms. The molecule has 0 aromatic heterocycles. The molecule has 1 rings (SSSR count). The summed E-state index contributed by atoms with van der Waals surface area (Å²) in [5.41, 5.74) is 0. The van der Waals surface area contributed by atoms with E-state index in [2.05, 4.69) is 28.9 Å². The zero-order valence-electron chi connectivity index (χ0n) is 7.73. The van der Waals surface area contributed by atoms with Gasteiger partial charge in [-0.2, -0.15) is 11.8 Å². The van der Waals surface area contributed by atoms with Crippen LogP contribution >= 0.6 is 11.8 Å². The zero-order chi connectivity index (χ0) is 8.65. The molecule has 1 N–H and O–H groups in total. The maximum Gasteiger partial charge on any atom is 0.0214 e. The van der Waals surface area contributed by atoms with Gasteiger partial charge in [0.2, 0.25) is 0 Å². The van der Waals surface area contributed by atoms with Crippen LogP contribution in [0.3, 0.4) is 0 Å². The third-order valence-corrected chi connectivity index (χ3v) is 3.24. The van der Waals surface area contributed by atoms with E-state index in [0.29, 0.717) is 0 Å². The van der Waals surface area contributed by atoms with Crippen LogP contribution in [-0.4, -0.2) is 24.1 Å². The Morgan fingerprint density at radius 2 is 2.50 bits per heavy atom. The molecule has 2 heteroatoms. The highest BCUT2D eigenvalue weighted by atomic mass is 32.2. The lowest BCUT2D eigenvalue weighted by Gasteiger charge is -2.21. The Hall–Kier alpha value is -0.130. The van der Waals surface area contributed by atoms with E-state index in [-0.39, 0.29) is 0 Å². The highest BCUT2D eigenvalue weighted by Gasteiger charge is 2.11. The zero-order valence-corrected chi connectivity index (χ0v) is 8.54. The van der Waals surface area contributed by atoms with E-state index in [1.54, 1.807) is 0 Å². The standard InChI is InChI=1S/C10H17NS/c1-2-3-4-7-11-10-6-5-8-12-9-10/h10-11H,4-9H2,1H3. The molecule has 1 heterocycles. The van der Waals surface area contributed by atoms with Crippen LogP contribution in [0.25, 0.3) is 0 Å². The van der Waals surface area contributed by atoms with E-state index in [4.69, 9.17) is 0 Å². The van der Waals surface area contributed by atoms with Gasteiger partial charge in [0.1, 0.15) is 0 Å². The van der Waals surface area contributed by atoms with E-state index < -0.39 is 0 Å².